The summed E-state index contributed by atoms with van der Waals surface area (Å²) in [4.78, 5) is 9.92. The number of non-ortho nitro benzene ring substituents is 1. The van der Waals surface area contributed by atoms with Crippen molar-refractivity contribution in [1.82, 2.24) is 0 Å². The molecule has 1 aromatic carbocycles. The van der Waals surface area contributed by atoms with E-state index in [1.165, 1.54) is 25.3 Å². The third kappa shape index (κ3) is 2.26. The summed E-state index contributed by atoms with van der Waals surface area (Å²) in [7, 11) is 1.45. The number of ether oxygens (including phenoxy) is 2. The lowest BCUT2D eigenvalue weighted by Gasteiger charge is -2.07. The molecule has 0 unspecified atom stereocenters. The first-order valence-corrected chi connectivity index (χ1v) is 4.23. The van der Waals surface area contributed by atoms with E-state index >= 15 is 0 Å². The zero-order valence-corrected chi connectivity index (χ0v) is 8.15. The predicted molar refractivity (Wildman–Crippen MR) is 51.0 cm³/mol. The highest BCUT2D eigenvalue weighted by atomic mass is 35.5. The van der Waals surface area contributed by atoms with E-state index in [0.717, 1.165) is 0 Å². The molecule has 0 N–H and O–H groups in total. The van der Waals surface area contributed by atoms with Gasteiger partial charge in [-0.2, -0.15) is 0 Å². The van der Waals surface area contributed by atoms with Crippen LogP contribution in [0.5, 0.6) is 11.5 Å². The molecule has 0 heterocycles. The summed E-state index contributed by atoms with van der Waals surface area (Å²) in [6, 6.07) is 3.97. The van der Waals surface area contributed by atoms with E-state index in [1.807, 2.05) is 0 Å². The van der Waals surface area contributed by atoms with E-state index in [-0.39, 0.29) is 17.5 Å². The number of alkyl halides is 1. The first-order chi connectivity index (χ1) is 6.69. The molecule has 0 saturated heterocycles. The van der Waals surface area contributed by atoms with Crippen LogP contribution in [0.4, 0.5) is 5.69 Å². The van der Waals surface area contributed by atoms with E-state index < -0.39 is 4.92 Å². The van der Waals surface area contributed by atoms with Crippen LogP contribution < -0.4 is 9.47 Å². The molecule has 0 radical (unpaired) electrons. The molecular weight excluding hydrogens is 210 g/mol. The van der Waals surface area contributed by atoms with E-state index in [1.54, 1.807) is 0 Å². The van der Waals surface area contributed by atoms with Gasteiger partial charge in [0.15, 0.2) is 17.6 Å². The molecule has 0 spiro atoms. The zero-order chi connectivity index (χ0) is 10.6. The van der Waals surface area contributed by atoms with Gasteiger partial charge in [-0.15, -0.1) is 0 Å². The predicted octanol–water partition coefficient (Wildman–Crippen LogP) is 2.18. The Morgan fingerprint density at radius 1 is 1.50 bits per heavy atom. The number of nitro groups is 1. The second-order valence-electron chi connectivity index (χ2n) is 2.35. The fraction of sp³-hybridized carbons (Fsp3) is 0.250. The number of nitrogens with zero attached hydrogens (tertiary/aromatic N) is 1. The Hall–Kier alpha value is -1.49. The van der Waals surface area contributed by atoms with Crippen LogP contribution in [-0.2, 0) is 0 Å². The highest BCUT2D eigenvalue weighted by Crippen LogP contribution is 2.31. The van der Waals surface area contributed by atoms with Gasteiger partial charge in [-0.3, -0.25) is 10.1 Å². The van der Waals surface area contributed by atoms with E-state index in [9.17, 15) is 10.1 Å². The van der Waals surface area contributed by atoms with Crippen molar-refractivity contribution in [2.45, 2.75) is 0 Å². The molecule has 0 aliphatic carbocycles. The molecule has 6 heteroatoms. The first-order valence-electron chi connectivity index (χ1n) is 3.70. The molecule has 0 saturated carbocycles. The number of hydrogen-bond donors (Lipinski definition) is 0. The minimum absolute atomic E-state index is 0.0640. The SMILES string of the molecule is COc1ccc([N+](=O)[O-])cc1OCCl. The Morgan fingerprint density at radius 2 is 2.21 bits per heavy atom. The van der Waals surface area contributed by atoms with Crippen LogP contribution in [0.2, 0.25) is 0 Å². The Bertz CT molecular complexity index is 342. The van der Waals surface area contributed by atoms with Crippen molar-refractivity contribution in [1.29, 1.82) is 0 Å². The fourth-order valence-corrected chi connectivity index (χ4v) is 1.07. The highest BCUT2D eigenvalue weighted by Gasteiger charge is 2.11. The number of methoxy groups -OCH3 is 1. The smallest absolute Gasteiger partial charge is 0.273 e. The second kappa shape index (κ2) is 4.66. The van der Waals surface area contributed by atoms with Crippen molar-refractivity contribution in [3.63, 3.8) is 0 Å². The Labute approximate surface area is 85.3 Å². The molecular formula is C8H8ClNO4. The number of nitro benzene ring substituents is 1. The quantitative estimate of drug-likeness (QED) is 0.441. The van der Waals surface area contributed by atoms with Crippen LogP contribution in [0.15, 0.2) is 18.2 Å². The monoisotopic (exact) mass is 217 g/mol. The first kappa shape index (κ1) is 10.6. The minimum Gasteiger partial charge on any atom is -0.493 e. The summed E-state index contributed by atoms with van der Waals surface area (Å²) < 4.78 is 9.88. The van der Waals surface area contributed by atoms with Gasteiger partial charge in [-0.25, -0.2) is 0 Å². The van der Waals surface area contributed by atoms with Crippen molar-refractivity contribution in [3.05, 3.63) is 28.3 Å². The number of halogens is 1. The molecule has 0 atom stereocenters. The van der Waals surface area contributed by atoms with Crippen LogP contribution in [0.3, 0.4) is 0 Å². The number of rotatable bonds is 4. The van der Waals surface area contributed by atoms with Gasteiger partial charge in [0.2, 0.25) is 0 Å². The average molecular weight is 218 g/mol. The third-order valence-electron chi connectivity index (χ3n) is 1.57. The van der Waals surface area contributed by atoms with E-state index in [0.29, 0.717) is 5.75 Å². The Morgan fingerprint density at radius 3 is 2.71 bits per heavy atom. The standard InChI is InChI=1S/C8H8ClNO4/c1-13-7-3-2-6(10(11)12)4-8(7)14-5-9/h2-4H,5H2,1H3. The molecule has 5 nitrogen and oxygen atoms in total. The van der Waals surface area contributed by atoms with Gasteiger partial charge in [0, 0.05) is 6.07 Å². The van der Waals surface area contributed by atoms with Crippen LogP contribution in [0.1, 0.15) is 0 Å². The molecule has 0 aliphatic rings. The molecule has 1 rings (SSSR count). The summed E-state index contributed by atoms with van der Waals surface area (Å²) in [6.45, 7) is 0. The van der Waals surface area contributed by atoms with Crippen molar-refractivity contribution >= 4 is 17.3 Å². The molecule has 0 aromatic heterocycles. The van der Waals surface area contributed by atoms with Crippen LogP contribution in [0.25, 0.3) is 0 Å². The van der Waals surface area contributed by atoms with Crippen molar-refractivity contribution in [2.24, 2.45) is 0 Å². The van der Waals surface area contributed by atoms with E-state index in [2.05, 4.69) is 0 Å². The maximum atomic E-state index is 10.4. The summed E-state index contributed by atoms with van der Waals surface area (Å²) in [6.07, 6.45) is 0. The topological polar surface area (TPSA) is 61.6 Å². The molecule has 1 aromatic rings. The lowest BCUT2D eigenvalue weighted by Crippen LogP contribution is -1.95. The molecule has 14 heavy (non-hydrogen) atoms. The zero-order valence-electron chi connectivity index (χ0n) is 7.40. The molecule has 76 valence electrons. The molecule has 0 bridgehead atoms. The third-order valence-corrected chi connectivity index (χ3v) is 1.68. The average Bonchev–Trinajstić information content (AvgIpc) is 2.18. The van der Waals surface area contributed by atoms with Gasteiger partial charge in [0.25, 0.3) is 5.69 Å². The fourth-order valence-electron chi connectivity index (χ4n) is 0.951. The summed E-state index contributed by atoms with van der Waals surface area (Å²) >= 11 is 5.35. The van der Waals surface area contributed by atoms with Gasteiger partial charge in [-0.05, 0) is 6.07 Å². The Balaban J connectivity index is 3.07. The van der Waals surface area contributed by atoms with Gasteiger partial charge in [0.05, 0.1) is 18.1 Å². The molecule has 0 fully saturated rings. The van der Waals surface area contributed by atoms with Gasteiger partial charge >= 0.3 is 0 Å². The van der Waals surface area contributed by atoms with Crippen LogP contribution in [0, 0.1) is 10.1 Å². The lowest BCUT2D eigenvalue weighted by molar-refractivity contribution is -0.384. The maximum absolute atomic E-state index is 10.4. The minimum atomic E-state index is -0.513. The van der Waals surface area contributed by atoms with Crippen LogP contribution >= 0.6 is 11.6 Å². The largest absolute Gasteiger partial charge is 0.493 e. The van der Waals surface area contributed by atoms with Crippen molar-refractivity contribution in [3.8, 4) is 11.5 Å². The molecule has 0 aliphatic heterocycles. The van der Waals surface area contributed by atoms with Gasteiger partial charge in [-0.1, -0.05) is 11.6 Å². The summed E-state index contributed by atoms with van der Waals surface area (Å²) in [5, 5.41) is 10.4. The number of hydrogen-bond acceptors (Lipinski definition) is 4. The van der Waals surface area contributed by atoms with E-state index in [4.69, 9.17) is 21.1 Å². The van der Waals surface area contributed by atoms with Gasteiger partial charge in [0.1, 0.15) is 0 Å². The lowest BCUT2D eigenvalue weighted by atomic mass is 10.3. The van der Waals surface area contributed by atoms with Crippen molar-refractivity contribution in [2.75, 3.05) is 13.2 Å². The molecule has 0 amide bonds. The summed E-state index contributed by atoms with van der Waals surface area (Å²) in [5.41, 5.74) is -0.0640. The highest BCUT2D eigenvalue weighted by molar-refractivity contribution is 6.17. The normalized spacial score (nSPS) is 9.57. The van der Waals surface area contributed by atoms with Gasteiger partial charge < -0.3 is 9.47 Å². The second-order valence-corrected chi connectivity index (χ2v) is 2.56. The van der Waals surface area contributed by atoms with Crippen molar-refractivity contribution < 1.29 is 14.4 Å². The summed E-state index contributed by atoms with van der Waals surface area (Å²) in [5.74, 6) is 0.674. The number of benzene rings is 1. The maximum Gasteiger partial charge on any atom is 0.273 e. The Kier molecular flexibility index (Phi) is 3.53. The van der Waals surface area contributed by atoms with Crippen LogP contribution in [-0.4, -0.2) is 18.1 Å².